The molecule has 1 aliphatic heterocycles. The number of ketones is 1. The highest BCUT2D eigenvalue weighted by molar-refractivity contribution is 6.22. The van der Waals surface area contributed by atoms with Crippen LogP contribution in [0.25, 0.3) is 27.7 Å². The van der Waals surface area contributed by atoms with Gasteiger partial charge in [0.25, 0.3) is 0 Å². The SMILES string of the molecule is CCC1C=C(c2ccc(C)cc2)Oc2c(C(C)=O)cc3c(oc4c(C)cc(C(=O)OC)c(C(=O)OC)c43)c21. The van der Waals surface area contributed by atoms with Gasteiger partial charge in [-0.3, -0.25) is 4.79 Å². The Balaban J connectivity index is 1.89. The fourth-order valence-electron chi connectivity index (χ4n) is 5.15. The highest BCUT2D eigenvalue weighted by Gasteiger charge is 2.33. The molecule has 38 heavy (non-hydrogen) atoms. The Morgan fingerprint density at radius 1 is 0.921 bits per heavy atom. The molecule has 0 spiro atoms. The Morgan fingerprint density at radius 3 is 2.21 bits per heavy atom. The largest absolute Gasteiger partial charge is 0.465 e. The van der Waals surface area contributed by atoms with E-state index in [-0.39, 0.29) is 22.8 Å². The van der Waals surface area contributed by atoms with E-state index in [2.05, 4.69) is 6.92 Å². The molecule has 1 atom stereocenters. The first-order chi connectivity index (χ1) is 18.2. The smallest absolute Gasteiger partial charge is 0.339 e. The van der Waals surface area contributed by atoms with Crippen LogP contribution in [0.15, 0.2) is 46.9 Å². The van der Waals surface area contributed by atoms with Crippen molar-refractivity contribution in [1.29, 1.82) is 0 Å². The van der Waals surface area contributed by atoms with Gasteiger partial charge in [-0.1, -0.05) is 36.8 Å². The number of hydrogen-bond acceptors (Lipinski definition) is 7. The summed E-state index contributed by atoms with van der Waals surface area (Å²) in [4.78, 5) is 38.6. The van der Waals surface area contributed by atoms with Crippen LogP contribution in [0, 0.1) is 13.8 Å². The van der Waals surface area contributed by atoms with Crippen molar-refractivity contribution in [3.8, 4) is 5.75 Å². The van der Waals surface area contributed by atoms with Crippen LogP contribution in [0.3, 0.4) is 0 Å². The molecule has 0 fully saturated rings. The molecule has 3 aromatic carbocycles. The Kier molecular flexibility index (Phi) is 6.31. The minimum atomic E-state index is -0.704. The second-order valence-electron chi connectivity index (χ2n) is 9.52. The van der Waals surface area contributed by atoms with Gasteiger partial charge in [0.1, 0.15) is 22.7 Å². The number of esters is 2. The number of ether oxygens (including phenoxy) is 3. The number of carbonyl (C=O) groups is 3. The predicted octanol–water partition coefficient (Wildman–Crippen LogP) is 6.91. The zero-order valence-electron chi connectivity index (χ0n) is 22.2. The number of aryl methyl sites for hydroxylation is 2. The van der Waals surface area contributed by atoms with E-state index < -0.39 is 11.9 Å². The number of methoxy groups -OCH3 is 2. The van der Waals surface area contributed by atoms with Crippen LogP contribution in [-0.4, -0.2) is 31.9 Å². The number of fused-ring (bicyclic) bond motifs is 5. The molecular weight excluding hydrogens is 484 g/mol. The highest BCUT2D eigenvalue weighted by Crippen LogP contribution is 2.49. The average molecular weight is 513 g/mol. The highest BCUT2D eigenvalue weighted by atomic mass is 16.5. The van der Waals surface area contributed by atoms with Gasteiger partial charge in [0, 0.05) is 27.8 Å². The summed E-state index contributed by atoms with van der Waals surface area (Å²) in [7, 11) is 2.50. The van der Waals surface area contributed by atoms with Crippen molar-refractivity contribution in [2.24, 2.45) is 0 Å². The van der Waals surface area contributed by atoms with Gasteiger partial charge in [0.05, 0.1) is 30.9 Å². The fourth-order valence-corrected chi connectivity index (χ4v) is 5.15. The topological polar surface area (TPSA) is 92.0 Å². The summed E-state index contributed by atoms with van der Waals surface area (Å²) in [6.45, 7) is 7.34. The number of rotatable bonds is 5. The molecule has 5 rings (SSSR count). The molecule has 0 saturated heterocycles. The summed E-state index contributed by atoms with van der Waals surface area (Å²) in [5, 5.41) is 0.938. The fraction of sp³-hybridized carbons (Fsp3) is 0.258. The molecule has 7 heteroatoms. The van der Waals surface area contributed by atoms with Gasteiger partial charge in [-0.2, -0.15) is 0 Å². The molecule has 0 saturated carbocycles. The maximum absolute atomic E-state index is 13.0. The van der Waals surface area contributed by atoms with Crippen molar-refractivity contribution in [3.05, 3.63) is 81.4 Å². The van der Waals surface area contributed by atoms with Gasteiger partial charge in [-0.25, -0.2) is 9.59 Å². The number of allylic oxidation sites excluding steroid dienone is 1. The summed E-state index contributed by atoms with van der Waals surface area (Å²) >= 11 is 0. The van der Waals surface area contributed by atoms with Gasteiger partial charge < -0.3 is 18.6 Å². The lowest BCUT2D eigenvalue weighted by molar-refractivity contribution is 0.0557. The Labute approximate surface area is 220 Å². The summed E-state index contributed by atoms with van der Waals surface area (Å²) < 4.78 is 22.8. The molecule has 7 nitrogen and oxygen atoms in total. The quantitative estimate of drug-likeness (QED) is 0.212. The number of Topliss-reactive ketones (excluding diaryl/α,β-unsaturated/α-hetero) is 1. The molecule has 1 unspecified atom stereocenters. The van der Waals surface area contributed by atoms with Crippen LogP contribution in [0.2, 0.25) is 0 Å². The number of furan rings is 1. The van der Waals surface area contributed by atoms with Gasteiger partial charge in [-0.05, 0) is 51.0 Å². The molecule has 0 bridgehead atoms. The molecule has 2 heterocycles. The zero-order chi connectivity index (χ0) is 27.3. The first-order valence-corrected chi connectivity index (χ1v) is 12.4. The lowest BCUT2D eigenvalue weighted by Crippen LogP contribution is -2.13. The van der Waals surface area contributed by atoms with Gasteiger partial charge in [0.2, 0.25) is 0 Å². The van der Waals surface area contributed by atoms with E-state index in [1.807, 2.05) is 37.3 Å². The Morgan fingerprint density at radius 2 is 1.61 bits per heavy atom. The van der Waals surface area contributed by atoms with Crippen molar-refractivity contribution in [1.82, 2.24) is 0 Å². The van der Waals surface area contributed by atoms with E-state index in [9.17, 15) is 14.4 Å². The molecule has 1 aliphatic rings. The maximum atomic E-state index is 13.0. The molecule has 194 valence electrons. The Bertz CT molecular complexity index is 1670. The maximum Gasteiger partial charge on any atom is 0.339 e. The van der Waals surface area contributed by atoms with Crippen LogP contribution in [0.4, 0.5) is 0 Å². The van der Waals surface area contributed by atoms with Crippen LogP contribution >= 0.6 is 0 Å². The van der Waals surface area contributed by atoms with E-state index in [1.165, 1.54) is 21.1 Å². The second kappa shape index (κ2) is 9.49. The van der Waals surface area contributed by atoms with Crippen LogP contribution in [-0.2, 0) is 9.47 Å². The van der Waals surface area contributed by atoms with E-state index in [0.717, 1.165) is 23.1 Å². The third-order valence-corrected chi connectivity index (χ3v) is 7.09. The van der Waals surface area contributed by atoms with E-state index in [4.69, 9.17) is 18.6 Å². The van der Waals surface area contributed by atoms with Crippen molar-refractivity contribution >= 4 is 45.4 Å². The zero-order valence-corrected chi connectivity index (χ0v) is 22.2. The third-order valence-electron chi connectivity index (χ3n) is 7.09. The van der Waals surface area contributed by atoms with Gasteiger partial charge in [-0.15, -0.1) is 0 Å². The number of benzene rings is 3. The minimum absolute atomic E-state index is 0.0359. The first-order valence-electron chi connectivity index (χ1n) is 12.4. The van der Waals surface area contributed by atoms with Crippen LogP contribution in [0.5, 0.6) is 5.75 Å². The normalized spacial score (nSPS) is 14.6. The predicted molar refractivity (Wildman–Crippen MR) is 144 cm³/mol. The number of carbonyl (C=O) groups excluding carboxylic acids is 3. The van der Waals surface area contributed by atoms with Crippen molar-refractivity contribution < 1.29 is 33.0 Å². The molecule has 0 N–H and O–H groups in total. The second-order valence-corrected chi connectivity index (χ2v) is 9.52. The lowest BCUT2D eigenvalue weighted by atomic mass is 9.87. The van der Waals surface area contributed by atoms with E-state index in [0.29, 0.717) is 44.6 Å². The molecule has 0 amide bonds. The molecule has 0 radical (unpaired) electrons. The Hall–Kier alpha value is -4.39. The summed E-state index contributed by atoms with van der Waals surface area (Å²) in [5.74, 6) is -0.585. The van der Waals surface area contributed by atoms with Gasteiger partial charge >= 0.3 is 11.9 Å². The average Bonchev–Trinajstić information content (AvgIpc) is 3.31. The van der Waals surface area contributed by atoms with Crippen LogP contribution in [0.1, 0.15) is 79.5 Å². The summed E-state index contributed by atoms with van der Waals surface area (Å²) in [6, 6.07) is 11.3. The standard InChI is InChI=1S/C31H28O7/c1-7-18-13-23(19-10-8-15(2)9-11-19)37-28-20(17(4)32)14-21-25-26(31(34)36-6)22(30(33)35-5)12-16(3)27(25)38-29(21)24(18)28/h8-14,18H,7H2,1-6H3. The first kappa shape index (κ1) is 25.3. The molecule has 0 aliphatic carbocycles. The van der Waals surface area contributed by atoms with Crippen LogP contribution < -0.4 is 4.74 Å². The van der Waals surface area contributed by atoms with Crippen molar-refractivity contribution in [2.45, 2.75) is 40.0 Å². The molecule has 1 aromatic heterocycles. The number of hydrogen-bond donors (Lipinski definition) is 0. The molecular formula is C31H28O7. The van der Waals surface area contributed by atoms with Gasteiger partial charge in [0.15, 0.2) is 5.78 Å². The minimum Gasteiger partial charge on any atom is -0.465 e. The van der Waals surface area contributed by atoms with Crippen molar-refractivity contribution in [3.63, 3.8) is 0 Å². The molecule has 4 aromatic rings. The third kappa shape index (κ3) is 3.86. The van der Waals surface area contributed by atoms with E-state index in [1.54, 1.807) is 19.1 Å². The van der Waals surface area contributed by atoms with E-state index >= 15 is 0 Å². The monoisotopic (exact) mass is 512 g/mol. The summed E-state index contributed by atoms with van der Waals surface area (Å²) in [5.41, 5.74) is 4.82. The lowest BCUT2D eigenvalue weighted by Gasteiger charge is -2.26. The van der Waals surface area contributed by atoms with Crippen molar-refractivity contribution in [2.75, 3.05) is 14.2 Å². The summed E-state index contributed by atoms with van der Waals surface area (Å²) in [6.07, 6.45) is 2.76.